The summed E-state index contributed by atoms with van der Waals surface area (Å²) in [7, 11) is -2.16. The van der Waals surface area contributed by atoms with Gasteiger partial charge in [0.25, 0.3) is 0 Å². The Bertz CT molecular complexity index is 514. The first kappa shape index (κ1) is 15.7. The van der Waals surface area contributed by atoms with E-state index in [4.69, 9.17) is 23.2 Å². The monoisotopic (exact) mass is 314 g/mol. The zero-order valence-corrected chi connectivity index (χ0v) is 12.1. The van der Waals surface area contributed by atoms with E-state index in [0.717, 1.165) is 12.1 Å². The molecule has 0 radical (unpaired) electrons. The van der Waals surface area contributed by atoms with Crippen molar-refractivity contribution in [2.75, 3.05) is 13.6 Å². The fraction of sp³-hybridized carbons (Fsp3) is 0.400. The minimum Gasteiger partial charge on any atom is -0.316 e. The van der Waals surface area contributed by atoms with Crippen LogP contribution in [0.3, 0.4) is 0 Å². The topological polar surface area (TPSA) is 58.2 Å². The third-order valence-corrected chi connectivity index (χ3v) is 4.65. The lowest BCUT2D eigenvalue weighted by atomic mass is 10.3. The van der Waals surface area contributed by atoms with Gasteiger partial charge in [0.05, 0.1) is 10.0 Å². The van der Waals surface area contributed by atoms with Gasteiger partial charge in [-0.15, -0.1) is 0 Å². The van der Waals surface area contributed by atoms with Crippen LogP contribution in [0.2, 0.25) is 10.0 Å². The largest absolute Gasteiger partial charge is 0.316 e. The summed E-state index contributed by atoms with van der Waals surface area (Å²) in [6.45, 7) is 1.97. The average molecular weight is 315 g/mol. The molecule has 1 unspecified atom stereocenters. The fourth-order valence-electron chi connectivity index (χ4n) is 1.19. The smallest absolute Gasteiger partial charge is 0.243 e. The molecule has 0 spiro atoms. The highest BCUT2D eigenvalue weighted by atomic mass is 35.5. The minimum absolute atomic E-state index is 0.0576. The summed E-state index contributed by atoms with van der Waals surface area (Å²) in [4.78, 5) is -0.310. The molecule has 0 saturated heterocycles. The van der Waals surface area contributed by atoms with Gasteiger partial charge < -0.3 is 5.32 Å². The lowest BCUT2D eigenvalue weighted by molar-refractivity contribution is 0.554. The summed E-state index contributed by atoms with van der Waals surface area (Å²) in [5.41, 5.74) is 0. The van der Waals surface area contributed by atoms with E-state index in [1.165, 1.54) is 0 Å². The molecule has 0 saturated carbocycles. The second kappa shape index (κ2) is 6.16. The molecule has 0 aliphatic heterocycles. The highest BCUT2D eigenvalue weighted by Gasteiger charge is 2.22. The minimum atomic E-state index is -3.86. The number of hydrogen-bond acceptors (Lipinski definition) is 3. The molecule has 1 aromatic rings. The summed E-state index contributed by atoms with van der Waals surface area (Å²) < 4.78 is 39.3. The average Bonchev–Trinajstić information content (AvgIpc) is 2.24. The van der Waals surface area contributed by atoms with Crippen molar-refractivity contribution in [1.29, 1.82) is 0 Å². The predicted molar refractivity (Wildman–Crippen MR) is 70.1 cm³/mol. The van der Waals surface area contributed by atoms with Gasteiger partial charge in [-0.25, -0.2) is 17.5 Å². The van der Waals surface area contributed by atoms with Crippen molar-refractivity contribution in [1.82, 2.24) is 10.0 Å². The number of halogens is 3. The number of likely N-dealkylation sites (N-methyl/N-ethyl adjacent to an activating group) is 1. The highest BCUT2D eigenvalue weighted by Crippen LogP contribution is 2.30. The van der Waals surface area contributed by atoms with Crippen molar-refractivity contribution in [3.8, 4) is 0 Å². The van der Waals surface area contributed by atoms with Gasteiger partial charge in [-0.3, -0.25) is 0 Å². The van der Waals surface area contributed by atoms with Gasteiger partial charge in [0.15, 0.2) is 0 Å². The van der Waals surface area contributed by atoms with E-state index in [1.54, 1.807) is 14.0 Å². The van der Waals surface area contributed by atoms with Gasteiger partial charge in [-0.2, -0.15) is 0 Å². The third-order valence-electron chi connectivity index (χ3n) is 2.30. The highest BCUT2D eigenvalue weighted by molar-refractivity contribution is 7.89. The second-order valence-electron chi connectivity index (χ2n) is 3.74. The molecular formula is C10H13Cl2FN2O2S. The van der Waals surface area contributed by atoms with Crippen LogP contribution in [0, 0.1) is 5.82 Å². The standard InChI is InChI=1S/C10H13Cl2FN2O2S/c1-6(14-2)5-15-18(16,17)10-8(11)3-7(13)4-9(10)12/h3-4,6,14-15H,5H2,1-2H3. The van der Waals surface area contributed by atoms with Gasteiger partial charge in [-0.05, 0) is 26.1 Å². The number of hydrogen-bond donors (Lipinski definition) is 2. The molecule has 0 aromatic heterocycles. The van der Waals surface area contributed by atoms with E-state index >= 15 is 0 Å². The molecule has 0 heterocycles. The van der Waals surface area contributed by atoms with Crippen LogP contribution in [-0.4, -0.2) is 28.1 Å². The molecule has 1 atom stereocenters. The fourth-order valence-corrected chi connectivity index (χ4v) is 3.51. The summed E-state index contributed by atoms with van der Waals surface area (Å²) in [5.74, 6) is -0.687. The SMILES string of the molecule is CNC(C)CNS(=O)(=O)c1c(Cl)cc(F)cc1Cl. The molecule has 4 nitrogen and oxygen atoms in total. The van der Waals surface area contributed by atoms with E-state index < -0.39 is 15.8 Å². The first-order chi connectivity index (χ1) is 8.27. The molecule has 0 amide bonds. The third kappa shape index (κ3) is 3.80. The summed E-state index contributed by atoms with van der Waals surface area (Å²) in [6, 6.07) is 1.75. The summed E-state index contributed by atoms with van der Waals surface area (Å²) >= 11 is 11.4. The number of rotatable bonds is 5. The molecule has 1 rings (SSSR count). The van der Waals surface area contributed by atoms with Crippen LogP contribution in [0.25, 0.3) is 0 Å². The zero-order valence-electron chi connectivity index (χ0n) is 9.80. The maximum atomic E-state index is 13.0. The van der Waals surface area contributed by atoms with E-state index in [0.29, 0.717) is 0 Å². The van der Waals surface area contributed by atoms with Crippen LogP contribution >= 0.6 is 23.2 Å². The molecule has 102 valence electrons. The lowest BCUT2D eigenvalue weighted by Gasteiger charge is -2.13. The van der Waals surface area contributed by atoms with Crippen molar-refractivity contribution in [3.63, 3.8) is 0 Å². The van der Waals surface area contributed by atoms with Crippen LogP contribution in [0.5, 0.6) is 0 Å². The Morgan fingerprint density at radius 1 is 1.33 bits per heavy atom. The Morgan fingerprint density at radius 3 is 2.28 bits per heavy atom. The maximum Gasteiger partial charge on any atom is 0.243 e. The van der Waals surface area contributed by atoms with Crippen LogP contribution in [0.4, 0.5) is 4.39 Å². The number of nitrogens with one attached hydrogen (secondary N) is 2. The van der Waals surface area contributed by atoms with Gasteiger partial charge in [0, 0.05) is 12.6 Å². The first-order valence-corrected chi connectivity index (χ1v) is 7.33. The lowest BCUT2D eigenvalue weighted by Crippen LogP contribution is -2.37. The Labute approximate surface area is 116 Å². The second-order valence-corrected chi connectivity index (χ2v) is 6.26. The molecule has 0 bridgehead atoms. The van der Waals surface area contributed by atoms with Crippen molar-refractivity contribution in [2.45, 2.75) is 17.9 Å². The number of sulfonamides is 1. The molecule has 18 heavy (non-hydrogen) atoms. The zero-order chi connectivity index (χ0) is 13.9. The van der Waals surface area contributed by atoms with Gasteiger partial charge in [0.1, 0.15) is 10.7 Å². The molecule has 0 aliphatic rings. The summed E-state index contributed by atoms with van der Waals surface area (Å²) in [6.07, 6.45) is 0. The van der Waals surface area contributed by atoms with Gasteiger partial charge in [0.2, 0.25) is 10.0 Å². The van der Waals surface area contributed by atoms with Crippen molar-refractivity contribution in [3.05, 3.63) is 28.0 Å². The molecule has 0 aliphatic carbocycles. The number of benzene rings is 1. The van der Waals surface area contributed by atoms with Gasteiger partial charge in [-0.1, -0.05) is 23.2 Å². The van der Waals surface area contributed by atoms with Crippen LogP contribution in [0.15, 0.2) is 17.0 Å². The van der Waals surface area contributed by atoms with Gasteiger partial charge >= 0.3 is 0 Å². The van der Waals surface area contributed by atoms with Crippen molar-refractivity contribution < 1.29 is 12.8 Å². The van der Waals surface area contributed by atoms with E-state index in [1.807, 2.05) is 0 Å². The first-order valence-electron chi connectivity index (χ1n) is 5.09. The molecule has 0 fully saturated rings. The Kier molecular flexibility index (Phi) is 5.36. The van der Waals surface area contributed by atoms with E-state index in [-0.39, 0.29) is 27.5 Å². The Morgan fingerprint density at radius 2 is 1.83 bits per heavy atom. The predicted octanol–water partition coefficient (Wildman–Crippen LogP) is 2.02. The molecule has 1 aromatic carbocycles. The molecule has 2 N–H and O–H groups in total. The van der Waals surface area contributed by atoms with Crippen LogP contribution < -0.4 is 10.0 Å². The maximum absolute atomic E-state index is 13.0. The van der Waals surface area contributed by atoms with Crippen molar-refractivity contribution in [2.24, 2.45) is 0 Å². The quantitative estimate of drug-likeness (QED) is 0.874. The molecule has 8 heteroatoms. The normalized spacial score (nSPS) is 13.6. The Hall–Kier alpha value is -0.400. The van der Waals surface area contributed by atoms with Crippen LogP contribution in [0.1, 0.15) is 6.92 Å². The van der Waals surface area contributed by atoms with E-state index in [2.05, 4.69) is 10.0 Å². The molecular weight excluding hydrogens is 302 g/mol. The van der Waals surface area contributed by atoms with Crippen LogP contribution in [-0.2, 0) is 10.0 Å². The van der Waals surface area contributed by atoms with Crippen molar-refractivity contribution >= 4 is 33.2 Å². The Balaban J connectivity index is 3.06. The summed E-state index contributed by atoms with van der Waals surface area (Å²) in [5, 5.41) is 2.38. The van der Waals surface area contributed by atoms with E-state index in [9.17, 15) is 12.8 Å².